The first-order valence-corrected chi connectivity index (χ1v) is 12.7. The summed E-state index contributed by atoms with van der Waals surface area (Å²) in [6.45, 7) is 5.90. The van der Waals surface area contributed by atoms with Gasteiger partial charge in [0.2, 0.25) is 0 Å². The van der Waals surface area contributed by atoms with Gasteiger partial charge in [0.05, 0.1) is 22.9 Å². The largest absolute Gasteiger partial charge is 0.381 e. The molecular weight excluding hydrogens is 414 g/mol. The number of aliphatic imine (C=N–C) groups is 1. The number of rotatable bonds is 6. The van der Waals surface area contributed by atoms with E-state index in [1.165, 1.54) is 57.2 Å². The van der Waals surface area contributed by atoms with Gasteiger partial charge in [-0.3, -0.25) is 4.99 Å². The number of nitrogens with zero attached hydrogens (tertiary/aromatic N) is 3. The van der Waals surface area contributed by atoms with Gasteiger partial charge in [0.1, 0.15) is 5.04 Å². The van der Waals surface area contributed by atoms with Gasteiger partial charge in [0, 0.05) is 54.9 Å². The second kappa shape index (κ2) is 9.11. The molecule has 3 heterocycles. The van der Waals surface area contributed by atoms with Crippen LogP contribution in [0.15, 0.2) is 23.2 Å². The Bertz CT molecular complexity index is 912. The monoisotopic (exact) mass is 445 g/mol. The molecule has 1 aromatic carbocycles. The SMILES string of the molecule is CN1CCN(CCC2CSC(c3cc4cc(Cl)cc(NC5CCCC5)c4[nH]3)=N2)CC1. The molecule has 1 unspecified atom stereocenters. The highest BCUT2D eigenvalue weighted by molar-refractivity contribution is 8.14. The predicted octanol–water partition coefficient (Wildman–Crippen LogP) is 4.68. The van der Waals surface area contributed by atoms with Crippen LogP contribution < -0.4 is 5.32 Å². The van der Waals surface area contributed by atoms with Crippen molar-refractivity contribution in [1.29, 1.82) is 0 Å². The van der Waals surface area contributed by atoms with Crippen LogP contribution in [-0.2, 0) is 0 Å². The fraction of sp³-hybridized carbons (Fsp3) is 0.609. The lowest BCUT2D eigenvalue weighted by Gasteiger charge is -2.32. The Morgan fingerprint density at radius 2 is 1.97 bits per heavy atom. The first kappa shape index (κ1) is 20.7. The summed E-state index contributed by atoms with van der Waals surface area (Å²) < 4.78 is 0. The average Bonchev–Trinajstić information content (AvgIpc) is 3.48. The molecule has 0 radical (unpaired) electrons. The number of aromatic amines is 1. The Morgan fingerprint density at radius 3 is 2.77 bits per heavy atom. The van der Waals surface area contributed by atoms with Crippen LogP contribution in [-0.4, -0.2) is 77.4 Å². The highest BCUT2D eigenvalue weighted by Crippen LogP contribution is 2.33. The topological polar surface area (TPSA) is 46.7 Å². The van der Waals surface area contributed by atoms with Crippen molar-refractivity contribution < 1.29 is 0 Å². The van der Waals surface area contributed by atoms with Crippen molar-refractivity contribution in [3.63, 3.8) is 0 Å². The maximum atomic E-state index is 6.43. The van der Waals surface area contributed by atoms with Crippen LogP contribution >= 0.6 is 23.4 Å². The van der Waals surface area contributed by atoms with Gasteiger partial charge in [-0.25, -0.2) is 0 Å². The van der Waals surface area contributed by atoms with Gasteiger partial charge in [-0.2, -0.15) is 0 Å². The van der Waals surface area contributed by atoms with Crippen LogP contribution in [0.4, 0.5) is 5.69 Å². The van der Waals surface area contributed by atoms with Gasteiger partial charge in [-0.1, -0.05) is 24.4 Å². The molecule has 162 valence electrons. The van der Waals surface area contributed by atoms with Crippen molar-refractivity contribution in [1.82, 2.24) is 14.8 Å². The van der Waals surface area contributed by atoms with Gasteiger partial charge in [-0.05, 0) is 44.5 Å². The Balaban J connectivity index is 1.28. The number of benzene rings is 1. The maximum absolute atomic E-state index is 6.43. The molecule has 0 amide bonds. The van der Waals surface area contributed by atoms with Crippen LogP contribution in [0.5, 0.6) is 0 Å². The molecule has 5 nitrogen and oxygen atoms in total. The lowest BCUT2D eigenvalue weighted by Crippen LogP contribution is -2.45. The molecule has 2 aromatic rings. The van der Waals surface area contributed by atoms with E-state index in [2.05, 4.69) is 45.3 Å². The zero-order valence-electron chi connectivity index (χ0n) is 17.8. The first-order chi connectivity index (χ1) is 14.6. The van der Waals surface area contributed by atoms with E-state index in [4.69, 9.17) is 16.6 Å². The van der Waals surface area contributed by atoms with E-state index in [9.17, 15) is 0 Å². The molecule has 2 N–H and O–H groups in total. The summed E-state index contributed by atoms with van der Waals surface area (Å²) in [6.07, 6.45) is 6.29. The minimum absolute atomic E-state index is 0.427. The molecule has 1 saturated carbocycles. The van der Waals surface area contributed by atoms with Crippen molar-refractivity contribution in [2.45, 2.75) is 44.2 Å². The molecule has 1 aromatic heterocycles. The number of nitrogens with one attached hydrogen (secondary N) is 2. The van der Waals surface area contributed by atoms with Crippen molar-refractivity contribution in [2.75, 3.05) is 50.8 Å². The van der Waals surface area contributed by atoms with Crippen molar-refractivity contribution in [3.05, 3.63) is 28.9 Å². The Morgan fingerprint density at radius 1 is 1.17 bits per heavy atom. The zero-order chi connectivity index (χ0) is 20.5. The number of H-pyrrole nitrogens is 1. The molecule has 5 rings (SSSR count). The van der Waals surface area contributed by atoms with Crippen molar-refractivity contribution in [3.8, 4) is 0 Å². The number of likely N-dealkylation sites (N-methyl/N-ethyl adjacent to an activating group) is 1. The molecule has 1 atom stereocenters. The van der Waals surface area contributed by atoms with E-state index in [0.717, 1.165) is 45.7 Å². The molecule has 3 aliphatic rings. The Kier molecular flexibility index (Phi) is 6.28. The molecule has 30 heavy (non-hydrogen) atoms. The lowest BCUT2D eigenvalue weighted by molar-refractivity contribution is 0.151. The van der Waals surface area contributed by atoms with Crippen LogP contribution in [0.3, 0.4) is 0 Å². The Labute approximate surface area is 188 Å². The fourth-order valence-corrected chi connectivity index (χ4v) is 6.15. The van der Waals surface area contributed by atoms with Gasteiger partial charge in [-0.15, -0.1) is 11.8 Å². The molecule has 0 bridgehead atoms. The van der Waals surface area contributed by atoms with Crippen LogP contribution in [0.25, 0.3) is 10.9 Å². The first-order valence-electron chi connectivity index (χ1n) is 11.3. The van der Waals surface area contributed by atoms with E-state index >= 15 is 0 Å². The van der Waals surface area contributed by atoms with E-state index in [1.54, 1.807) is 0 Å². The molecule has 0 spiro atoms. The third kappa shape index (κ3) is 4.67. The second-order valence-electron chi connectivity index (χ2n) is 9.06. The average molecular weight is 446 g/mol. The summed E-state index contributed by atoms with van der Waals surface area (Å²) in [5.74, 6) is 1.09. The fourth-order valence-electron chi connectivity index (χ4n) is 4.84. The maximum Gasteiger partial charge on any atom is 0.114 e. The molecule has 1 saturated heterocycles. The lowest BCUT2D eigenvalue weighted by atomic mass is 10.2. The summed E-state index contributed by atoms with van der Waals surface area (Å²) >= 11 is 8.32. The highest BCUT2D eigenvalue weighted by atomic mass is 35.5. The number of hydrogen-bond donors (Lipinski definition) is 2. The summed E-state index contributed by atoms with van der Waals surface area (Å²) in [5.41, 5.74) is 3.42. The third-order valence-electron chi connectivity index (χ3n) is 6.73. The van der Waals surface area contributed by atoms with Gasteiger partial charge in [0.25, 0.3) is 0 Å². The van der Waals surface area contributed by atoms with Crippen molar-refractivity contribution >= 4 is 45.0 Å². The standard InChI is InChI=1S/C23H32ClN5S/c1-28-8-10-29(11-9-28)7-6-19-15-30-23(26-19)21-13-16-12-17(24)14-20(22(16)27-21)25-18-4-2-3-5-18/h12-14,18-19,25,27H,2-11,15H2,1H3. The van der Waals surface area contributed by atoms with Crippen LogP contribution in [0.2, 0.25) is 5.02 Å². The molecular formula is C23H32ClN5S. The van der Waals surface area contributed by atoms with E-state index in [-0.39, 0.29) is 0 Å². The zero-order valence-corrected chi connectivity index (χ0v) is 19.4. The minimum Gasteiger partial charge on any atom is -0.381 e. The number of aromatic nitrogens is 1. The quantitative estimate of drug-likeness (QED) is 0.677. The number of halogens is 1. The smallest absolute Gasteiger partial charge is 0.114 e. The van der Waals surface area contributed by atoms with E-state index in [0.29, 0.717) is 12.1 Å². The number of thioether (sulfide) groups is 1. The summed E-state index contributed by atoms with van der Waals surface area (Å²) in [7, 11) is 2.21. The molecule has 2 fully saturated rings. The van der Waals surface area contributed by atoms with E-state index < -0.39 is 0 Å². The molecule has 2 aliphatic heterocycles. The number of fused-ring (bicyclic) bond motifs is 1. The number of piperazine rings is 1. The van der Waals surface area contributed by atoms with E-state index in [1.807, 2.05) is 11.8 Å². The third-order valence-corrected chi connectivity index (χ3v) is 8.09. The van der Waals surface area contributed by atoms with Gasteiger partial charge >= 0.3 is 0 Å². The Hall–Kier alpha value is -1.21. The molecule has 7 heteroatoms. The van der Waals surface area contributed by atoms with Crippen molar-refractivity contribution in [2.24, 2.45) is 4.99 Å². The molecule has 1 aliphatic carbocycles. The minimum atomic E-state index is 0.427. The summed E-state index contributed by atoms with van der Waals surface area (Å²) in [6, 6.07) is 7.33. The van der Waals surface area contributed by atoms with Crippen LogP contribution in [0.1, 0.15) is 37.8 Å². The summed E-state index contributed by atoms with van der Waals surface area (Å²) in [4.78, 5) is 13.7. The summed E-state index contributed by atoms with van der Waals surface area (Å²) in [5, 5.41) is 6.84. The van der Waals surface area contributed by atoms with Gasteiger partial charge in [0.15, 0.2) is 0 Å². The number of hydrogen-bond acceptors (Lipinski definition) is 5. The van der Waals surface area contributed by atoms with Crippen LogP contribution in [0, 0.1) is 0 Å². The second-order valence-corrected chi connectivity index (χ2v) is 10.5. The van der Waals surface area contributed by atoms with Gasteiger partial charge < -0.3 is 20.1 Å². The normalized spacial score (nSPS) is 24.1. The number of anilines is 1. The predicted molar refractivity (Wildman–Crippen MR) is 131 cm³/mol. The highest BCUT2D eigenvalue weighted by Gasteiger charge is 2.23.